The molecule has 2 aromatic rings. The second-order valence-corrected chi connectivity index (χ2v) is 11.6. The smallest absolute Gasteiger partial charge is 0.266 e. The third-order valence-corrected chi connectivity index (χ3v) is 7.61. The molecule has 0 unspecified atom stereocenters. The molecule has 1 N–H and O–H groups in total. The quantitative estimate of drug-likeness (QED) is 0.788. The second-order valence-electron chi connectivity index (χ2n) is 8.27. The number of aryl methyl sites for hydroxylation is 1. The summed E-state index contributed by atoms with van der Waals surface area (Å²) in [5, 5.41) is 4.52. The van der Waals surface area contributed by atoms with Gasteiger partial charge in [0.1, 0.15) is 0 Å². The molecule has 1 saturated heterocycles. The van der Waals surface area contributed by atoms with E-state index in [0.717, 1.165) is 17.0 Å². The molecule has 9 heteroatoms. The summed E-state index contributed by atoms with van der Waals surface area (Å²) < 4.78 is 26.3. The summed E-state index contributed by atoms with van der Waals surface area (Å²) in [5.41, 5.74) is 1.62. The van der Waals surface area contributed by atoms with E-state index in [4.69, 9.17) is 0 Å². The van der Waals surface area contributed by atoms with Gasteiger partial charge >= 0.3 is 0 Å². The molecule has 1 aliphatic heterocycles. The van der Waals surface area contributed by atoms with E-state index in [2.05, 4.69) is 10.1 Å². The van der Waals surface area contributed by atoms with Crippen LogP contribution in [-0.2, 0) is 14.6 Å². The minimum absolute atomic E-state index is 0.0563. The fourth-order valence-electron chi connectivity index (χ4n) is 3.20. The topological polar surface area (TPSA) is 102 Å². The number of aromatic nitrogens is 3. The Labute approximate surface area is 167 Å². The van der Waals surface area contributed by atoms with Gasteiger partial charge in [0.2, 0.25) is 0 Å². The summed E-state index contributed by atoms with van der Waals surface area (Å²) in [4.78, 5) is 27.2. The lowest BCUT2D eigenvalue weighted by molar-refractivity contribution is -0.119. The van der Waals surface area contributed by atoms with Crippen molar-refractivity contribution in [2.45, 2.75) is 47.1 Å². The van der Waals surface area contributed by atoms with Crippen LogP contribution in [0.2, 0.25) is 0 Å². The highest BCUT2D eigenvalue weighted by Crippen LogP contribution is 2.27. The Hall–Kier alpha value is -2.00. The zero-order valence-electron chi connectivity index (χ0n) is 16.7. The number of ketones is 1. The molecular weight excluding hydrogens is 398 g/mol. The summed E-state index contributed by atoms with van der Waals surface area (Å²) >= 11 is 1.22. The van der Waals surface area contributed by atoms with Crippen molar-refractivity contribution >= 4 is 39.1 Å². The van der Waals surface area contributed by atoms with Crippen LogP contribution in [0.3, 0.4) is 0 Å². The van der Waals surface area contributed by atoms with Crippen LogP contribution >= 0.6 is 11.3 Å². The maximum Gasteiger partial charge on any atom is 0.266 e. The van der Waals surface area contributed by atoms with E-state index in [1.807, 2.05) is 34.6 Å². The number of hydrogen-bond acceptors (Lipinski definition) is 6. The molecule has 0 saturated carbocycles. The number of nitrogens with zero attached hydrogens (tertiary/aromatic N) is 2. The predicted octanol–water partition coefficient (Wildman–Crippen LogP) is 0.834. The van der Waals surface area contributed by atoms with Gasteiger partial charge in [-0.3, -0.25) is 14.3 Å². The lowest BCUT2D eigenvalue weighted by Crippen LogP contribution is -2.22. The van der Waals surface area contributed by atoms with E-state index in [1.165, 1.54) is 17.4 Å². The number of rotatable bonds is 3. The Morgan fingerprint density at radius 2 is 2.00 bits per heavy atom. The summed E-state index contributed by atoms with van der Waals surface area (Å²) in [7, 11) is -3.01. The summed E-state index contributed by atoms with van der Waals surface area (Å²) in [6.45, 7) is 9.21. The van der Waals surface area contributed by atoms with Crippen LogP contribution in [0.4, 0.5) is 0 Å². The summed E-state index contributed by atoms with van der Waals surface area (Å²) in [6, 6.07) is -0.166. The average molecular weight is 424 g/mol. The molecule has 0 bridgehead atoms. The van der Waals surface area contributed by atoms with Crippen LogP contribution in [0.5, 0.6) is 0 Å². The fourth-order valence-corrected chi connectivity index (χ4v) is 5.76. The zero-order chi connectivity index (χ0) is 20.9. The largest absolute Gasteiger partial charge is 0.313 e. The van der Waals surface area contributed by atoms with E-state index in [1.54, 1.807) is 10.8 Å². The molecule has 1 atom stereocenters. The SMILES string of the molecule is Cc1nn([C@H]2CCS(=O)(=O)C2)c(C)c1/C=c1\s/c(=C\C(=O)C(C)(C)C)[nH]c1=O. The van der Waals surface area contributed by atoms with Gasteiger partial charge in [-0.1, -0.05) is 20.8 Å². The molecule has 28 heavy (non-hydrogen) atoms. The normalized spacial score (nSPS) is 20.8. The first-order valence-electron chi connectivity index (χ1n) is 9.10. The summed E-state index contributed by atoms with van der Waals surface area (Å²) in [6.07, 6.45) is 3.79. The van der Waals surface area contributed by atoms with Crippen LogP contribution < -0.4 is 14.8 Å². The minimum atomic E-state index is -3.01. The first-order valence-corrected chi connectivity index (χ1v) is 11.7. The van der Waals surface area contributed by atoms with Gasteiger partial charge in [-0.25, -0.2) is 8.42 Å². The first-order chi connectivity index (χ1) is 12.9. The predicted molar refractivity (Wildman–Crippen MR) is 111 cm³/mol. The lowest BCUT2D eigenvalue weighted by Gasteiger charge is -2.12. The van der Waals surface area contributed by atoms with E-state index in [9.17, 15) is 18.0 Å². The van der Waals surface area contributed by atoms with Gasteiger partial charge in [-0.2, -0.15) is 5.10 Å². The van der Waals surface area contributed by atoms with Crippen molar-refractivity contribution in [3.63, 3.8) is 0 Å². The number of thiazole rings is 1. The highest BCUT2D eigenvalue weighted by molar-refractivity contribution is 7.91. The molecule has 0 amide bonds. The average Bonchev–Trinajstić information content (AvgIpc) is 3.18. The van der Waals surface area contributed by atoms with E-state index in [0.29, 0.717) is 15.6 Å². The third kappa shape index (κ3) is 4.20. The number of H-pyrrole nitrogens is 1. The number of sulfone groups is 1. The number of carbonyl (C=O) groups is 1. The molecule has 3 heterocycles. The number of carbonyl (C=O) groups excluding carboxylic acids is 1. The Morgan fingerprint density at radius 3 is 2.57 bits per heavy atom. The van der Waals surface area contributed by atoms with Crippen molar-refractivity contribution in [1.82, 2.24) is 14.8 Å². The van der Waals surface area contributed by atoms with Crippen LogP contribution in [0.15, 0.2) is 4.79 Å². The molecule has 3 rings (SSSR count). The van der Waals surface area contributed by atoms with Gasteiger partial charge in [0.15, 0.2) is 15.6 Å². The molecule has 1 fully saturated rings. The Morgan fingerprint density at radius 1 is 1.32 bits per heavy atom. The third-order valence-electron chi connectivity index (χ3n) is 4.89. The summed E-state index contributed by atoms with van der Waals surface area (Å²) in [5.74, 6) is 0.224. The number of hydrogen-bond donors (Lipinski definition) is 1. The minimum Gasteiger partial charge on any atom is -0.313 e. The molecule has 1 aliphatic rings. The maximum absolute atomic E-state index is 12.3. The Bertz CT molecular complexity index is 1210. The molecule has 0 aliphatic carbocycles. The number of nitrogens with one attached hydrogen (secondary N) is 1. The maximum atomic E-state index is 12.3. The molecule has 152 valence electrons. The Balaban J connectivity index is 2.03. The van der Waals surface area contributed by atoms with Crippen LogP contribution in [0, 0.1) is 19.3 Å². The van der Waals surface area contributed by atoms with Crippen molar-refractivity contribution in [3.8, 4) is 0 Å². The van der Waals surface area contributed by atoms with Crippen LogP contribution in [0.1, 0.15) is 50.2 Å². The molecule has 0 aromatic carbocycles. The van der Waals surface area contributed by atoms with Gasteiger partial charge in [-0.15, -0.1) is 11.3 Å². The molecular formula is C19H25N3O4S2. The molecule has 7 nitrogen and oxygen atoms in total. The first kappa shape index (κ1) is 20.7. The van der Waals surface area contributed by atoms with Gasteiger partial charge in [-0.05, 0) is 26.3 Å². The zero-order valence-corrected chi connectivity index (χ0v) is 18.3. The number of Topliss-reactive ketones (excluding diaryl/α,β-unsaturated/α-hetero) is 1. The van der Waals surface area contributed by atoms with Crippen molar-refractivity contribution in [2.75, 3.05) is 11.5 Å². The van der Waals surface area contributed by atoms with E-state index < -0.39 is 15.3 Å². The van der Waals surface area contributed by atoms with Gasteiger partial charge in [0.05, 0.1) is 32.4 Å². The van der Waals surface area contributed by atoms with Gasteiger partial charge in [0, 0.05) is 22.7 Å². The highest BCUT2D eigenvalue weighted by Gasteiger charge is 2.31. The van der Waals surface area contributed by atoms with Gasteiger partial charge < -0.3 is 4.98 Å². The second kappa shape index (κ2) is 7.11. The fraction of sp³-hybridized carbons (Fsp3) is 0.526. The van der Waals surface area contributed by atoms with Crippen LogP contribution in [0.25, 0.3) is 12.2 Å². The van der Waals surface area contributed by atoms with E-state index >= 15 is 0 Å². The Kier molecular flexibility index (Phi) is 5.26. The standard InChI is InChI=1S/C19H25N3O4S2/c1-11-14(12(2)22(21-11)13-6-7-28(25,26)10-13)8-15-18(24)20-17(27-15)9-16(23)19(3,4)5/h8-9,13H,6-7,10H2,1-5H3,(H,20,24)/b15-8-,17-9-/t13-/m0/s1. The lowest BCUT2D eigenvalue weighted by atomic mass is 9.91. The highest BCUT2D eigenvalue weighted by atomic mass is 32.2. The van der Waals surface area contributed by atoms with Crippen LogP contribution in [-0.4, -0.2) is 40.5 Å². The van der Waals surface area contributed by atoms with Crippen molar-refractivity contribution in [3.05, 3.63) is 36.5 Å². The monoisotopic (exact) mass is 423 g/mol. The van der Waals surface area contributed by atoms with Crippen molar-refractivity contribution in [2.24, 2.45) is 5.41 Å². The van der Waals surface area contributed by atoms with E-state index in [-0.39, 0.29) is 28.9 Å². The molecule has 2 aromatic heterocycles. The number of aromatic amines is 1. The van der Waals surface area contributed by atoms with Gasteiger partial charge in [0.25, 0.3) is 5.56 Å². The van der Waals surface area contributed by atoms with Crippen molar-refractivity contribution < 1.29 is 13.2 Å². The van der Waals surface area contributed by atoms with Crippen molar-refractivity contribution in [1.29, 1.82) is 0 Å². The molecule has 0 spiro atoms. The molecule has 0 radical (unpaired) electrons.